The van der Waals surface area contributed by atoms with Crippen molar-refractivity contribution in [2.75, 3.05) is 13.2 Å². The van der Waals surface area contributed by atoms with Crippen molar-refractivity contribution in [1.29, 1.82) is 0 Å². The van der Waals surface area contributed by atoms with Gasteiger partial charge in [-0.25, -0.2) is 4.79 Å². The van der Waals surface area contributed by atoms with E-state index in [0.29, 0.717) is 6.61 Å². The molecule has 0 spiro atoms. The van der Waals surface area contributed by atoms with E-state index in [0.717, 1.165) is 0 Å². The summed E-state index contributed by atoms with van der Waals surface area (Å²) in [6.07, 6.45) is 4.26. The molecule has 3 atom stereocenters. The van der Waals surface area contributed by atoms with Crippen LogP contribution in [0.3, 0.4) is 0 Å². The zero-order valence-electron chi connectivity index (χ0n) is 31.0. The molecule has 52 heavy (non-hydrogen) atoms. The monoisotopic (exact) mass is 730 g/mol. The van der Waals surface area contributed by atoms with E-state index in [1.807, 2.05) is 30.3 Å². The van der Waals surface area contributed by atoms with Crippen LogP contribution in [0, 0.1) is 5.92 Å². The number of ether oxygens (including phenoxy) is 1. The zero-order chi connectivity index (χ0) is 37.0. The van der Waals surface area contributed by atoms with Gasteiger partial charge in [0.15, 0.2) is 6.23 Å². The van der Waals surface area contributed by atoms with Crippen LogP contribution < -0.4 is 32.0 Å². The van der Waals surface area contributed by atoms with Gasteiger partial charge in [-0.05, 0) is 36.9 Å². The van der Waals surface area contributed by atoms with Gasteiger partial charge in [0.2, 0.25) is 0 Å². The van der Waals surface area contributed by atoms with Crippen molar-refractivity contribution in [3.8, 4) is 0 Å². The van der Waals surface area contributed by atoms with Gasteiger partial charge in [0, 0.05) is 24.8 Å². The molecule has 0 radical (unpaired) electrons. The third kappa shape index (κ3) is 7.29. The molecule has 5 aromatic rings. The fourth-order valence-electron chi connectivity index (χ4n) is 7.75. The van der Waals surface area contributed by atoms with Crippen molar-refractivity contribution in [2.24, 2.45) is 5.92 Å². The van der Waals surface area contributed by atoms with Gasteiger partial charge in [-0.1, -0.05) is 169 Å². The summed E-state index contributed by atoms with van der Waals surface area (Å²) in [5.41, 5.74) is -0.986. The second-order valence-corrected chi connectivity index (χ2v) is 24.2. The lowest BCUT2D eigenvalue weighted by atomic mass is 10.0. The molecule has 1 aromatic heterocycles. The number of hydrogen-bond donors (Lipinski definition) is 1. The van der Waals surface area contributed by atoms with E-state index in [-0.39, 0.29) is 22.6 Å². The van der Waals surface area contributed by atoms with Crippen molar-refractivity contribution in [3.05, 3.63) is 167 Å². The van der Waals surface area contributed by atoms with E-state index in [9.17, 15) is 9.59 Å². The second kappa shape index (κ2) is 15.3. The molecule has 2 heterocycles. The predicted octanol–water partition coefficient (Wildman–Crippen LogP) is 5.76. The summed E-state index contributed by atoms with van der Waals surface area (Å²) in [4.78, 5) is 27.3. The summed E-state index contributed by atoms with van der Waals surface area (Å²) < 4.78 is 23.1. The van der Waals surface area contributed by atoms with E-state index in [4.69, 9.17) is 13.6 Å². The standard InChI is InChI=1S/C43H50N2O5Si2/c1-42(2,3)51(34-19-11-7-12-20-34,35-21-13-8-14-22-35)48-31-33-27-28-40(45-30-29-39(46)44-41(45)47)50-38(33)32-49-52(43(4,5)6,36-23-15-9-16-24-36)37-25-17-10-18-26-37/h7-30,33,38,40H,31-32H2,1-6H3,(H,44,46,47)/t33-,38-,40+/m1/s1. The molecule has 1 N–H and O–H groups in total. The summed E-state index contributed by atoms with van der Waals surface area (Å²) in [7, 11) is -5.80. The molecule has 0 saturated heterocycles. The summed E-state index contributed by atoms with van der Waals surface area (Å²) in [6, 6.07) is 43.7. The molecule has 4 aromatic carbocycles. The number of nitrogens with one attached hydrogen (secondary N) is 1. The normalized spacial score (nSPS) is 18.3. The highest BCUT2D eigenvalue weighted by molar-refractivity contribution is 7.00. The molecule has 0 amide bonds. The highest BCUT2D eigenvalue weighted by Gasteiger charge is 2.52. The van der Waals surface area contributed by atoms with Gasteiger partial charge in [-0.15, -0.1) is 0 Å². The molecule has 7 nitrogen and oxygen atoms in total. The van der Waals surface area contributed by atoms with Crippen LogP contribution in [0.1, 0.15) is 47.8 Å². The Morgan fingerprint density at radius 3 is 1.38 bits per heavy atom. The molecule has 9 heteroatoms. The van der Waals surface area contributed by atoms with Crippen LogP contribution in [0.5, 0.6) is 0 Å². The van der Waals surface area contributed by atoms with E-state index in [1.54, 1.807) is 0 Å². The third-order valence-corrected chi connectivity index (χ3v) is 20.2. The number of H-pyrrole nitrogens is 1. The molecule has 1 aliphatic rings. The number of aromatic amines is 1. The van der Waals surface area contributed by atoms with Crippen molar-refractivity contribution < 1.29 is 13.6 Å². The van der Waals surface area contributed by atoms with Crippen LogP contribution in [0.15, 0.2) is 155 Å². The first-order valence-corrected chi connectivity index (χ1v) is 21.8. The molecule has 1 aliphatic heterocycles. The van der Waals surface area contributed by atoms with Crippen LogP contribution in [0.2, 0.25) is 10.1 Å². The first kappa shape index (κ1) is 37.4. The van der Waals surface area contributed by atoms with Crippen LogP contribution in [-0.2, 0) is 13.6 Å². The lowest BCUT2D eigenvalue weighted by molar-refractivity contribution is -0.0846. The van der Waals surface area contributed by atoms with E-state index in [2.05, 4.69) is 150 Å². The number of rotatable bonds is 11. The zero-order valence-corrected chi connectivity index (χ0v) is 33.0. The fraction of sp³-hybridized carbons (Fsp3) is 0.302. The van der Waals surface area contributed by atoms with Gasteiger partial charge in [0.25, 0.3) is 22.2 Å². The van der Waals surface area contributed by atoms with Gasteiger partial charge in [-0.2, -0.15) is 0 Å². The quantitative estimate of drug-likeness (QED) is 0.138. The Hall–Kier alpha value is -4.39. The number of nitrogens with zero attached hydrogens (tertiary/aromatic N) is 1. The lowest BCUT2D eigenvalue weighted by Crippen LogP contribution is -2.68. The average molecular weight is 731 g/mol. The van der Waals surface area contributed by atoms with Crippen molar-refractivity contribution in [1.82, 2.24) is 9.55 Å². The van der Waals surface area contributed by atoms with Crippen LogP contribution in [-0.4, -0.2) is 45.5 Å². The molecular formula is C43H50N2O5Si2. The molecular weight excluding hydrogens is 681 g/mol. The van der Waals surface area contributed by atoms with Crippen LogP contribution >= 0.6 is 0 Å². The summed E-state index contributed by atoms with van der Waals surface area (Å²) in [5.74, 6) is -0.199. The molecule has 0 bridgehead atoms. The molecule has 0 fully saturated rings. The van der Waals surface area contributed by atoms with Crippen molar-refractivity contribution in [3.63, 3.8) is 0 Å². The summed E-state index contributed by atoms with van der Waals surface area (Å²) >= 11 is 0. The average Bonchev–Trinajstić information content (AvgIpc) is 3.13. The van der Waals surface area contributed by atoms with Gasteiger partial charge in [0.05, 0.1) is 12.7 Å². The first-order valence-electron chi connectivity index (χ1n) is 18.0. The van der Waals surface area contributed by atoms with E-state index < -0.39 is 40.2 Å². The first-order chi connectivity index (χ1) is 24.9. The van der Waals surface area contributed by atoms with Crippen molar-refractivity contribution >= 4 is 37.4 Å². The maximum absolute atomic E-state index is 13.0. The molecule has 6 rings (SSSR count). The Morgan fingerprint density at radius 1 is 0.596 bits per heavy atom. The summed E-state index contributed by atoms with van der Waals surface area (Å²) in [6.45, 7) is 14.2. The van der Waals surface area contributed by atoms with E-state index in [1.165, 1.54) is 37.6 Å². The highest BCUT2D eigenvalue weighted by Crippen LogP contribution is 2.40. The Morgan fingerprint density at radius 2 is 1.00 bits per heavy atom. The van der Waals surface area contributed by atoms with Gasteiger partial charge in [0.1, 0.15) is 0 Å². The Labute approximate surface area is 309 Å². The third-order valence-electron chi connectivity index (χ3n) is 10.2. The molecule has 270 valence electrons. The maximum Gasteiger partial charge on any atom is 0.330 e. The predicted molar refractivity (Wildman–Crippen MR) is 215 cm³/mol. The minimum absolute atomic E-state index is 0.199. The number of benzene rings is 4. The fourth-order valence-corrected chi connectivity index (χ4v) is 16.9. The molecule has 0 unspecified atom stereocenters. The van der Waals surface area contributed by atoms with Gasteiger partial charge < -0.3 is 13.6 Å². The smallest absolute Gasteiger partial charge is 0.330 e. The highest BCUT2D eigenvalue weighted by atomic mass is 28.4. The Balaban J connectivity index is 1.43. The SMILES string of the molecule is CC(C)(C)[Si](OC[C@H]1C=C[C@@H](n2ccc(=O)[nH]c2=O)O[C@@H]1CO[Si](c1ccccc1)(c1ccccc1)C(C)(C)C)(c1ccccc1)c1ccccc1. The lowest BCUT2D eigenvalue weighted by Gasteiger charge is -2.46. The largest absolute Gasteiger partial charge is 0.407 e. The van der Waals surface area contributed by atoms with Gasteiger partial charge >= 0.3 is 5.69 Å². The topological polar surface area (TPSA) is 82.6 Å². The number of aromatic nitrogens is 2. The summed E-state index contributed by atoms with van der Waals surface area (Å²) in [5, 5.41) is 4.30. The Bertz CT molecular complexity index is 1980. The minimum atomic E-state index is -2.93. The molecule has 0 saturated carbocycles. The van der Waals surface area contributed by atoms with Crippen LogP contribution in [0.25, 0.3) is 0 Å². The van der Waals surface area contributed by atoms with E-state index >= 15 is 0 Å². The minimum Gasteiger partial charge on any atom is -0.407 e. The second-order valence-electron chi connectivity index (χ2n) is 15.6. The molecule has 0 aliphatic carbocycles. The van der Waals surface area contributed by atoms with Crippen molar-refractivity contribution in [2.45, 2.75) is 64.0 Å². The van der Waals surface area contributed by atoms with Gasteiger partial charge in [-0.3, -0.25) is 14.3 Å². The maximum atomic E-state index is 13.0. The van der Waals surface area contributed by atoms with Crippen LogP contribution in [0.4, 0.5) is 0 Å². The Kier molecular flexibility index (Phi) is 11.0. The number of hydrogen-bond acceptors (Lipinski definition) is 5.